The summed E-state index contributed by atoms with van der Waals surface area (Å²) in [5, 5.41) is 3.40. The molecule has 0 saturated carbocycles. The maximum atomic E-state index is 13.1. The zero-order valence-corrected chi connectivity index (χ0v) is 15.0. The van der Waals surface area contributed by atoms with Gasteiger partial charge in [0, 0.05) is 17.1 Å². The first kappa shape index (κ1) is 16.3. The van der Waals surface area contributed by atoms with Gasteiger partial charge in [-0.05, 0) is 56.8 Å². The number of carbonyl (C=O) groups is 1. The van der Waals surface area contributed by atoms with Crippen molar-refractivity contribution in [3.8, 4) is 0 Å². The standard InChI is InChI=1S/C22H26N2O/c1-16-8-6-7-11-19(16)21(25)23-20(17-9-4-3-5-10-17)22-14-12-18(13-15-22)24(22)2/h3-11,18,20H,12-15H2,1-2H3,(H,23,25). The minimum absolute atomic E-state index is 0.0262. The van der Waals surface area contributed by atoms with E-state index in [1.165, 1.54) is 18.4 Å². The van der Waals surface area contributed by atoms with Crippen molar-refractivity contribution in [3.05, 3.63) is 71.3 Å². The van der Waals surface area contributed by atoms with Crippen LogP contribution in [0.1, 0.15) is 53.2 Å². The summed E-state index contributed by atoms with van der Waals surface area (Å²) in [6, 6.07) is 19.0. The second-order valence-corrected chi connectivity index (χ2v) is 7.58. The molecule has 25 heavy (non-hydrogen) atoms. The molecule has 1 atom stereocenters. The van der Waals surface area contributed by atoms with Crippen molar-refractivity contribution >= 4 is 5.91 Å². The zero-order valence-electron chi connectivity index (χ0n) is 15.0. The minimum Gasteiger partial charge on any atom is -0.343 e. The van der Waals surface area contributed by atoms with Gasteiger partial charge in [-0.25, -0.2) is 0 Å². The van der Waals surface area contributed by atoms with E-state index >= 15 is 0 Å². The second-order valence-electron chi connectivity index (χ2n) is 7.58. The van der Waals surface area contributed by atoms with Crippen LogP contribution < -0.4 is 5.32 Å². The number of aryl methyl sites for hydroxylation is 1. The van der Waals surface area contributed by atoms with Crippen LogP contribution in [0.2, 0.25) is 0 Å². The van der Waals surface area contributed by atoms with E-state index in [4.69, 9.17) is 0 Å². The van der Waals surface area contributed by atoms with E-state index < -0.39 is 0 Å². The summed E-state index contributed by atoms with van der Waals surface area (Å²) in [6.07, 6.45) is 4.78. The van der Waals surface area contributed by atoms with Crippen LogP contribution in [0.15, 0.2) is 54.6 Å². The first-order valence-corrected chi connectivity index (χ1v) is 9.26. The largest absolute Gasteiger partial charge is 0.343 e. The van der Waals surface area contributed by atoms with Crippen LogP contribution >= 0.6 is 0 Å². The molecule has 3 heteroatoms. The highest BCUT2D eigenvalue weighted by molar-refractivity contribution is 5.96. The number of likely N-dealkylation sites (N-methyl/N-ethyl adjacent to an activating group) is 1. The number of hydrogen-bond donors (Lipinski definition) is 1. The van der Waals surface area contributed by atoms with Crippen molar-refractivity contribution in [1.29, 1.82) is 0 Å². The van der Waals surface area contributed by atoms with Gasteiger partial charge in [0.1, 0.15) is 0 Å². The topological polar surface area (TPSA) is 32.3 Å². The molecule has 4 rings (SSSR count). The van der Waals surface area contributed by atoms with Gasteiger partial charge in [0.2, 0.25) is 0 Å². The van der Waals surface area contributed by atoms with E-state index in [1.807, 2.05) is 37.3 Å². The Labute approximate surface area is 150 Å². The van der Waals surface area contributed by atoms with Crippen molar-refractivity contribution < 1.29 is 4.79 Å². The SMILES string of the molecule is Cc1ccccc1C(=O)NC(c1ccccc1)C12CCC(CC1)N2C. The van der Waals surface area contributed by atoms with Crippen LogP contribution in [-0.4, -0.2) is 29.4 Å². The van der Waals surface area contributed by atoms with E-state index in [0.717, 1.165) is 24.0 Å². The number of hydrogen-bond acceptors (Lipinski definition) is 2. The number of benzene rings is 2. The molecule has 0 spiro atoms. The minimum atomic E-state index is 0.0262. The lowest BCUT2D eigenvalue weighted by Gasteiger charge is -2.41. The Bertz CT molecular complexity index is 763. The molecule has 2 heterocycles. The molecular formula is C22H26N2O. The van der Waals surface area contributed by atoms with Gasteiger partial charge in [0.25, 0.3) is 5.91 Å². The summed E-state index contributed by atoms with van der Waals surface area (Å²) in [6.45, 7) is 2.00. The number of rotatable bonds is 4. The molecule has 2 aromatic carbocycles. The predicted molar refractivity (Wildman–Crippen MR) is 101 cm³/mol. The highest BCUT2D eigenvalue weighted by atomic mass is 16.1. The lowest BCUT2D eigenvalue weighted by atomic mass is 9.78. The third-order valence-electron chi connectivity index (χ3n) is 6.41. The molecule has 2 aromatic rings. The van der Waals surface area contributed by atoms with Gasteiger partial charge in [-0.1, -0.05) is 48.5 Å². The lowest BCUT2D eigenvalue weighted by Crippen LogP contribution is -2.51. The van der Waals surface area contributed by atoms with Crippen LogP contribution in [0.5, 0.6) is 0 Å². The van der Waals surface area contributed by atoms with Gasteiger partial charge in [-0.3, -0.25) is 9.69 Å². The van der Waals surface area contributed by atoms with E-state index in [-0.39, 0.29) is 17.5 Å². The number of nitrogens with zero attached hydrogens (tertiary/aromatic N) is 1. The van der Waals surface area contributed by atoms with Crippen molar-refractivity contribution in [2.24, 2.45) is 0 Å². The molecule has 2 aliphatic heterocycles. The Balaban J connectivity index is 1.70. The summed E-state index contributed by atoms with van der Waals surface area (Å²) in [5.74, 6) is 0.0325. The molecule has 0 radical (unpaired) electrons. The molecule has 2 saturated heterocycles. The summed E-state index contributed by atoms with van der Waals surface area (Å²) in [5.41, 5.74) is 3.05. The van der Waals surface area contributed by atoms with Crippen molar-refractivity contribution in [2.45, 2.75) is 50.2 Å². The van der Waals surface area contributed by atoms with Gasteiger partial charge in [-0.15, -0.1) is 0 Å². The highest BCUT2D eigenvalue weighted by Gasteiger charge is 2.54. The van der Waals surface area contributed by atoms with Gasteiger partial charge in [0.15, 0.2) is 0 Å². The fourth-order valence-electron chi connectivity index (χ4n) is 4.91. The number of nitrogens with one attached hydrogen (secondary N) is 1. The lowest BCUT2D eigenvalue weighted by molar-refractivity contribution is 0.0837. The molecule has 3 nitrogen and oxygen atoms in total. The molecule has 130 valence electrons. The molecule has 1 unspecified atom stereocenters. The summed E-state index contributed by atoms with van der Waals surface area (Å²) in [7, 11) is 2.24. The van der Waals surface area contributed by atoms with E-state index in [2.05, 4.69) is 41.5 Å². The number of carbonyl (C=O) groups excluding carboxylic acids is 1. The molecule has 0 aliphatic carbocycles. The van der Waals surface area contributed by atoms with Crippen LogP contribution in [-0.2, 0) is 0 Å². The number of amides is 1. The maximum Gasteiger partial charge on any atom is 0.252 e. The van der Waals surface area contributed by atoms with Gasteiger partial charge in [0.05, 0.1) is 6.04 Å². The third-order valence-corrected chi connectivity index (χ3v) is 6.41. The maximum absolute atomic E-state index is 13.1. The Morgan fingerprint density at radius 3 is 2.32 bits per heavy atom. The molecule has 0 aromatic heterocycles. The molecule has 2 fully saturated rings. The summed E-state index contributed by atoms with van der Waals surface area (Å²) >= 11 is 0. The van der Waals surface area contributed by atoms with Crippen LogP contribution in [0.3, 0.4) is 0 Å². The predicted octanol–water partition coefficient (Wildman–Crippen LogP) is 4.09. The van der Waals surface area contributed by atoms with E-state index in [9.17, 15) is 4.79 Å². The first-order valence-electron chi connectivity index (χ1n) is 9.26. The van der Waals surface area contributed by atoms with E-state index in [1.54, 1.807) is 0 Å². The van der Waals surface area contributed by atoms with Crippen molar-refractivity contribution in [1.82, 2.24) is 10.2 Å². The third kappa shape index (κ3) is 2.67. The average molecular weight is 334 g/mol. The Morgan fingerprint density at radius 1 is 1.08 bits per heavy atom. The summed E-state index contributed by atoms with van der Waals surface area (Å²) < 4.78 is 0. The first-order chi connectivity index (χ1) is 12.1. The van der Waals surface area contributed by atoms with Crippen LogP contribution in [0.25, 0.3) is 0 Å². The quantitative estimate of drug-likeness (QED) is 0.913. The molecule has 1 N–H and O–H groups in total. The second kappa shape index (κ2) is 6.30. The van der Waals surface area contributed by atoms with Crippen molar-refractivity contribution in [3.63, 3.8) is 0 Å². The molecule has 2 bridgehead atoms. The Morgan fingerprint density at radius 2 is 1.72 bits per heavy atom. The fourth-order valence-corrected chi connectivity index (χ4v) is 4.91. The van der Waals surface area contributed by atoms with Gasteiger partial charge < -0.3 is 5.32 Å². The zero-order chi connectivity index (χ0) is 17.4. The Hall–Kier alpha value is -2.13. The number of fused-ring (bicyclic) bond motifs is 2. The highest BCUT2D eigenvalue weighted by Crippen LogP contribution is 2.51. The van der Waals surface area contributed by atoms with E-state index in [0.29, 0.717) is 6.04 Å². The van der Waals surface area contributed by atoms with Gasteiger partial charge >= 0.3 is 0 Å². The van der Waals surface area contributed by atoms with Crippen LogP contribution in [0.4, 0.5) is 0 Å². The fraction of sp³-hybridized carbons (Fsp3) is 0.409. The normalized spacial score (nSPS) is 26.6. The molecule has 2 aliphatic rings. The molecular weight excluding hydrogens is 308 g/mol. The van der Waals surface area contributed by atoms with Crippen molar-refractivity contribution in [2.75, 3.05) is 7.05 Å². The van der Waals surface area contributed by atoms with Gasteiger partial charge in [-0.2, -0.15) is 0 Å². The smallest absolute Gasteiger partial charge is 0.252 e. The van der Waals surface area contributed by atoms with Crippen LogP contribution in [0, 0.1) is 6.92 Å². The Kier molecular flexibility index (Phi) is 4.12. The molecule has 1 amide bonds. The monoisotopic (exact) mass is 334 g/mol. The summed E-state index contributed by atoms with van der Waals surface area (Å²) in [4.78, 5) is 15.6. The average Bonchev–Trinajstić information content (AvgIpc) is 3.13.